The first-order valence-electron chi connectivity index (χ1n) is 5.47. The normalized spacial score (nSPS) is 15.1. The molecule has 0 aliphatic carbocycles. The van der Waals surface area contributed by atoms with Crippen LogP contribution in [-0.2, 0) is 14.3 Å². The first-order chi connectivity index (χ1) is 9.02. The van der Waals surface area contributed by atoms with Crippen LogP contribution in [-0.4, -0.2) is 42.1 Å². The van der Waals surface area contributed by atoms with Gasteiger partial charge < -0.3 is 9.64 Å². The van der Waals surface area contributed by atoms with Gasteiger partial charge in [-0.1, -0.05) is 11.6 Å². The molecule has 7 heteroatoms. The van der Waals surface area contributed by atoms with Gasteiger partial charge in [-0.25, -0.2) is 0 Å². The number of benzene rings is 1. The van der Waals surface area contributed by atoms with Crippen LogP contribution >= 0.6 is 23.8 Å². The van der Waals surface area contributed by atoms with Crippen molar-refractivity contribution in [3.05, 3.63) is 29.3 Å². The van der Waals surface area contributed by atoms with Crippen LogP contribution in [0.1, 0.15) is 0 Å². The summed E-state index contributed by atoms with van der Waals surface area (Å²) in [7, 11) is 1.29. The van der Waals surface area contributed by atoms with E-state index in [9.17, 15) is 9.59 Å². The summed E-state index contributed by atoms with van der Waals surface area (Å²) in [5.41, 5.74) is 0.631. The third kappa shape index (κ3) is 2.85. The van der Waals surface area contributed by atoms with E-state index < -0.39 is 5.97 Å². The number of hydrogen-bond donors (Lipinski definition) is 0. The molecule has 0 radical (unpaired) electrons. The van der Waals surface area contributed by atoms with Gasteiger partial charge in [-0.2, -0.15) is 0 Å². The Morgan fingerprint density at radius 1 is 1.42 bits per heavy atom. The van der Waals surface area contributed by atoms with Crippen molar-refractivity contribution >= 4 is 46.5 Å². The zero-order valence-electron chi connectivity index (χ0n) is 10.1. The molecule has 1 aromatic rings. The van der Waals surface area contributed by atoms with E-state index in [0.29, 0.717) is 10.7 Å². The topological polar surface area (TPSA) is 49.9 Å². The number of thiocarbonyl (C=S) groups is 1. The molecule has 1 saturated heterocycles. The molecular formula is C12H11ClN2O3S. The molecular weight excluding hydrogens is 288 g/mol. The largest absolute Gasteiger partial charge is 0.468 e. The van der Waals surface area contributed by atoms with Crippen LogP contribution in [0.3, 0.4) is 0 Å². The third-order valence-corrected chi connectivity index (χ3v) is 3.36. The Morgan fingerprint density at radius 2 is 2.05 bits per heavy atom. The van der Waals surface area contributed by atoms with Gasteiger partial charge in [0.05, 0.1) is 12.8 Å². The second kappa shape index (κ2) is 5.54. The lowest BCUT2D eigenvalue weighted by molar-refractivity contribution is -0.140. The minimum Gasteiger partial charge on any atom is -0.468 e. The molecule has 0 spiro atoms. The number of carbonyl (C=O) groups excluding carboxylic acids is 2. The first-order valence-corrected chi connectivity index (χ1v) is 6.26. The Balaban J connectivity index is 2.19. The quantitative estimate of drug-likeness (QED) is 0.624. The summed E-state index contributed by atoms with van der Waals surface area (Å²) < 4.78 is 4.56. The Labute approximate surface area is 120 Å². The summed E-state index contributed by atoms with van der Waals surface area (Å²) in [6.07, 6.45) is 0. The van der Waals surface area contributed by atoms with Crippen LogP contribution in [0.4, 0.5) is 5.69 Å². The molecule has 1 fully saturated rings. The lowest BCUT2D eigenvalue weighted by Gasteiger charge is -2.19. The fourth-order valence-corrected chi connectivity index (χ4v) is 2.20. The second-order valence-electron chi connectivity index (χ2n) is 3.92. The summed E-state index contributed by atoms with van der Waals surface area (Å²) in [5, 5.41) is 0.866. The van der Waals surface area contributed by atoms with Crippen LogP contribution in [0.5, 0.6) is 0 Å². The van der Waals surface area contributed by atoms with Gasteiger partial charge in [0.2, 0.25) is 0 Å². The average molecular weight is 299 g/mol. The monoisotopic (exact) mass is 298 g/mol. The maximum Gasteiger partial charge on any atom is 0.325 e. The molecule has 100 valence electrons. The fourth-order valence-electron chi connectivity index (χ4n) is 1.74. The number of anilines is 1. The minimum absolute atomic E-state index is 0.0365. The van der Waals surface area contributed by atoms with Crippen molar-refractivity contribution in [2.45, 2.75) is 0 Å². The molecule has 1 amide bonds. The number of halogens is 1. The van der Waals surface area contributed by atoms with Crippen molar-refractivity contribution in [2.24, 2.45) is 0 Å². The molecule has 0 N–H and O–H groups in total. The Hall–Kier alpha value is -1.66. The van der Waals surface area contributed by atoms with Gasteiger partial charge in [0.1, 0.15) is 13.1 Å². The molecule has 0 atom stereocenters. The predicted octanol–water partition coefficient (Wildman–Crippen LogP) is 1.45. The van der Waals surface area contributed by atoms with Crippen LogP contribution in [0.25, 0.3) is 0 Å². The number of ether oxygens (including phenoxy) is 1. The number of esters is 1. The third-order valence-electron chi connectivity index (χ3n) is 2.67. The molecule has 5 nitrogen and oxygen atoms in total. The zero-order valence-corrected chi connectivity index (χ0v) is 11.7. The summed E-state index contributed by atoms with van der Waals surface area (Å²) in [6.45, 7) is 0.0295. The first kappa shape index (κ1) is 13.8. The molecule has 0 aromatic heterocycles. The highest BCUT2D eigenvalue weighted by molar-refractivity contribution is 7.80. The van der Waals surface area contributed by atoms with E-state index >= 15 is 0 Å². The maximum absolute atomic E-state index is 12.0. The number of hydrogen-bond acceptors (Lipinski definition) is 4. The van der Waals surface area contributed by atoms with Gasteiger partial charge >= 0.3 is 5.97 Å². The van der Waals surface area contributed by atoms with Crippen LogP contribution in [0, 0.1) is 0 Å². The van der Waals surface area contributed by atoms with Crippen molar-refractivity contribution in [3.8, 4) is 0 Å². The molecule has 1 aliphatic heterocycles. The van der Waals surface area contributed by atoms with Crippen molar-refractivity contribution < 1.29 is 14.3 Å². The van der Waals surface area contributed by atoms with E-state index in [1.165, 1.54) is 16.9 Å². The van der Waals surface area contributed by atoms with Crippen molar-refractivity contribution in [2.75, 3.05) is 25.1 Å². The van der Waals surface area contributed by atoms with Crippen LogP contribution < -0.4 is 4.90 Å². The molecule has 0 bridgehead atoms. The maximum atomic E-state index is 12.0. The van der Waals surface area contributed by atoms with Crippen molar-refractivity contribution in [1.29, 1.82) is 0 Å². The van der Waals surface area contributed by atoms with Gasteiger partial charge in [0.25, 0.3) is 5.91 Å². The smallest absolute Gasteiger partial charge is 0.325 e. The molecule has 1 aromatic carbocycles. The highest BCUT2D eigenvalue weighted by atomic mass is 35.5. The number of amides is 1. The number of methoxy groups -OCH3 is 1. The summed E-state index contributed by atoms with van der Waals surface area (Å²) in [5.74, 6) is -0.621. The zero-order chi connectivity index (χ0) is 14.0. The van der Waals surface area contributed by atoms with Crippen molar-refractivity contribution in [1.82, 2.24) is 4.90 Å². The highest BCUT2D eigenvalue weighted by Crippen LogP contribution is 2.23. The molecule has 2 rings (SSSR count). The van der Waals surface area contributed by atoms with E-state index in [-0.39, 0.29) is 24.1 Å². The van der Waals surface area contributed by atoms with Gasteiger partial charge in [-0.15, -0.1) is 0 Å². The SMILES string of the molecule is COC(=O)CN1CC(=O)N(c2ccc(Cl)cc2)C1=S. The Bertz CT molecular complexity index is 532. The molecule has 0 saturated carbocycles. The van der Waals surface area contributed by atoms with Crippen molar-refractivity contribution in [3.63, 3.8) is 0 Å². The van der Waals surface area contributed by atoms with E-state index in [1.54, 1.807) is 24.3 Å². The molecule has 0 unspecified atom stereocenters. The van der Waals surface area contributed by atoms with Crippen LogP contribution in [0.15, 0.2) is 24.3 Å². The Morgan fingerprint density at radius 3 is 2.63 bits per heavy atom. The number of rotatable bonds is 3. The van der Waals surface area contributed by atoms with Crippen LogP contribution in [0.2, 0.25) is 5.02 Å². The summed E-state index contributed by atoms with van der Waals surface area (Å²) in [6, 6.07) is 6.76. The standard InChI is InChI=1S/C12H11ClN2O3S/c1-18-11(17)7-14-6-10(16)15(12(14)19)9-4-2-8(13)3-5-9/h2-5H,6-7H2,1H3. The summed E-state index contributed by atoms with van der Waals surface area (Å²) >= 11 is 11.0. The minimum atomic E-state index is -0.437. The molecule has 19 heavy (non-hydrogen) atoms. The lowest BCUT2D eigenvalue weighted by atomic mass is 10.3. The number of nitrogens with zero attached hydrogens (tertiary/aromatic N) is 2. The lowest BCUT2D eigenvalue weighted by Crippen LogP contribution is -2.35. The van der Waals surface area contributed by atoms with E-state index in [1.807, 2.05) is 0 Å². The molecule has 1 aliphatic rings. The van der Waals surface area contributed by atoms with E-state index in [0.717, 1.165) is 0 Å². The van der Waals surface area contributed by atoms with Gasteiger partial charge in [-0.05, 0) is 36.5 Å². The summed E-state index contributed by atoms with van der Waals surface area (Å²) in [4.78, 5) is 26.1. The second-order valence-corrected chi connectivity index (χ2v) is 4.72. The van der Waals surface area contributed by atoms with E-state index in [4.69, 9.17) is 23.8 Å². The predicted molar refractivity (Wildman–Crippen MR) is 75.1 cm³/mol. The van der Waals surface area contributed by atoms with Gasteiger partial charge in [0, 0.05) is 5.02 Å². The molecule has 1 heterocycles. The van der Waals surface area contributed by atoms with Gasteiger partial charge in [-0.3, -0.25) is 14.5 Å². The number of carbonyl (C=O) groups is 2. The average Bonchev–Trinajstić information content (AvgIpc) is 2.66. The Kier molecular flexibility index (Phi) is 4.01. The van der Waals surface area contributed by atoms with E-state index in [2.05, 4.69) is 4.74 Å². The highest BCUT2D eigenvalue weighted by Gasteiger charge is 2.34. The fraction of sp³-hybridized carbons (Fsp3) is 0.250. The van der Waals surface area contributed by atoms with Gasteiger partial charge in [0.15, 0.2) is 5.11 Å².